The van der Waals surface area contributed by atoms with E-state index in [-0.39, 0.29) is 47.3 Å². The highest BCUT2D eigenvalue weighted by Gasteiger charge is 2.50. The van der Waals surface area contributed by atoms with Crippen molar-refractivity contribution in [2.24, 2.45) is 17.8 Å². The maximum atomic E-state index is 13.9. The van der Waals surface area contributed by atoms with E-state index in [4.69, 9.17) is 32.9 Å². The number of anilines is 1. The molecule has 1 aliphatic carbocycles. The van der Waals surface area contributed by atoms with Crippen molar-refractivity contribution in [2.45, 2.75) is 52.1 Å². The number of aromatic nitrogens is 1. The van der Waals surface area contributed by atoms with Crippen LogP contribution >= 0.6 is 39.1 Å². The molecule has 4 unspecified atom stereocenters. The largest absolute Gasteiger partial charge is 0.450 e. The Kier molecular flexibility index (Phi) is 9.83. The lowest BCUT2D eigenvalue weighted by Gasteiger charge is -2.25. The average Bonchev–Trinajstić information content (AvgIpc) is 3.31. The molecule has 10 heteroatoms. The summed E-state index contributed by atoms with van der Waals surface area (Å²) in [4.78, 5) is 60.1. The number of nitrogens with zero attached hydrogens (tertiary/aromatic N) is 2. The number of alkyl halides is 1. The lowest BCUT2D eigenvalue weighted by molar-refractivity contribution is -0.122. The highest BCUT2D eigenvalue weighted by Crippen LogP contribution is 2.42. The van der Waals surface area contributed by atoms with Crippen LogP contribution in [0.2, 0.25) is 5.02 Å². The fourth-order valence-corrected chi connectivity index (χ4v) is 7.54. The van der Waals surface area contributed by atoms with Gasteiger partial charge in [-0.2, -0.15) is 0 Å². The number of benzene rings is 3. The van der Waals surface area contributed by atoms with Gasteiger partial charge in [0.05, 0.1) is 34.3 Å². The third-order valence-electron chi connectivity index (χ3n) is 9.21. The molecule has 2 fully saturated rings. The average molecular weight is 736 g/mol. The Balaban J connectivity index is 1.35. The summed E-state index contributed by atoms with van der Waals surface area (Å²) in [7, 11) is 0. The zero-order valence-corrected chi connectivity index (χ0v) is 29.1. The first-order chi connectivity index (χ1) is 22.6. The third-order valence-corrected chi connectivity index (χ3v) is 10.1. The quantitative estimate of drug-likeness (QED) is 0.0738. The van der Waals surface area contributed by atoms with Crippen molar-refractivity contribution in [3.8, 4) is 11.3 Å². The fourth-order valence-electron chi connectivity index (χ4n) is 6.71. The van der Waals surface area contributed by atoms with Crippen LogP contribution in [0.3, 0.4) is 0 Å². The van der Waals surface area contributed by atoms with Crippen molar-refractivity contribution in [3.63, 3.8) is 0 Å². The van der Waals surface area contributed by atoms with Crippen LogP contribution in [-0.2, 0) is 20.7 Å². The van der Waals surface area contributed by atoms with Gasteiger partial charge in [-0.15, -0.1) is 11.6 Å². The molecule has 0 N–H and O–H groups in total. The Hall–Kier alpha value is -3.59. The zero-order chi connectivity index (χ0) is 33.4. The van der Waals surface area contributed by atoms with Crippen LogP contribution in [0.5, 0.6) is 0 Å². The molecule has 4 atom stereocenters. The summed E-state index contributed by atoms with van der Waals surface area (Å²) < 4.78 is 6.65. The summed E-state index contributed by atoms with van der Waals surface area (Å²) in [5.41, 5.74) is 3.87. The van der Waals surface area contributed by atoms with Gasteiger partial charge >= 0.3 is 5.97 Å². The van der Waals surface area contributed by atoms with E-state index in [1.54, 1.807) is 54.6 Å². The van der Waals surface area contributed by atoms with Crippen molar-refractivity contribution in [1.82, 2.24) is 4.98 Å². The number of rotatable bonds is 9. The Morgan fingerprint density at radius 1 is 1.00 bits per heavy atom. The van der Waals surface area contributed by atoms with Gasteiger partial charge in [-0.25, -0.2) is 9.78 Å². The number of esters is 1. The molecule has 1 saturated carbocycles. The number of ether oxygens (including phenoxy) is 1. The second kappa shape index (κ2) is 13.9. The van der Waals surface area contributed by atoms with E-state index in [0.29, 0.717) is 50.8 Å². The van der Waals surface area contributed by atoms with E-state index in [9.17, 15) is 19.2 Å². The minimum atomic E-state index is -1.10. The van der Waals surface area contributed by atoms with Gasteiger partial charge in [0.15, 0.2) is 6.10 Å². The van der Waals surface area contributed by atoms with Crippen molar-refractivity contribution < 1.29 is 23.9 Å². The third kappa shape index (κ3) is 6.60. The standard InChI is InChI=1S/C37H33BrCl2N2O5/c1-3-21-17-24(38)18-28-30(37(46)47-32(14-15-39)34(43)23-5-9-25(40)10-6-23)19-31(41-33(21)28)22-7-11-26(12-8-22)42-35(44)27-13-4-20(2)16-29(27)36(42)45/h5-12,17-20,27,29,32H,3-4,13-16H2,1-2H3. The number of hydrogen-bond donors (Lipinski definition) is 0. The SMILES string of the molecule is CCc1cc(Br)cc2c(C(=O)OC(CCCl)C(=O)c3ccc(Cl)cc3)cc(-c3ccc(N4C(=O)C5CCC(C)CC5C4=O)cc3)nc12. The second-order valence-electron chi connectivity index (χ2n) is 12.3. The van der Waals surface area contributed by atoms with Gasteiger partial charge in [0.1, 0.15) is 0 Å². The van der Waals surface area contributed by atoms with E-state index in [1.165, 1.54) is 4.90 Å². The van der Waals surface area contributed by atoms with E-state index >= 15 is 0 Å². The summed E-state index contributed by atoms with van der Waals surface area (Å²) in [5, 5.41) is 1.06. The number of amides is 2. The summed E-state index contributed by atoms with van der Waals surface area (Å²) >= 11 is 15.6. The first kappa shape index (κ1) is 33.3. The minimum Gasteiger partial charge on any atom is -0.450 e. The molecular formula is C37H33BrCl2N2O5. The van der Waals surface area contributed by atoms with E-state index in [2.05, 4.69) is 22.9 Å². The van der Waals surface area contributed by atoms with Gasteiger partial charge in [0.25, 0.3) is 0 Å². The van der Waals surface area contributed by atoms with Gasteiger partial charge < -0.3 is 4.74 Å². The summed E-state index contributed by atoms with van der Waals surface area (Å²) in [6.07, 6.45) is 2.10. The van der Waals surface area contributed by atoms with Gasteiger partial charge in [0.2, 0.25) is 17.6 Å². The number of fused-ring (bicyclic) bond motifs is 2. The van der Waals surface area contributed by atoms with E-state index in [1.807, 2.05) is 19.1 Å². The molecule has 7 nitrogen and oxygen atoms in total. The van der Waals surface area contributed by atoms with Gasteiger partial charge in [-0.05, 0) is 91.8 Å². The number of carbonyl (C=O) groups is 4. The monoisotopic (exact) mass is 734 g/mol. The number of ketones is 1. The van der Waals surface area contributed by atoms with Gasteiger partial charge in [-0.1, -0.05) is 53.5 Å². The highest BCUT2D eigenvalue weighted by molar-refractivity contribution is 9.10. The lowest BCUT2D eigenvalue weighted by Crippen LogP contribution is -2.30. The van der Waals surface area contributed by atoms with Crippen LogP contribution in [0, 0.1) is 17.8 Å². The molecular weight excluding hydrogens is 703 g/mol. The molecule has 47 heavy (non-hydrogen) atoms. The Morgan fingerprint density at radius 2 is 1.70 bits per heavy atom. The summed E-state index contributed by atoms with van der Waals surface area (Å²) in [6, 6.07) is 18.9. The maximum absolute atomic E-state index is 13.9. The highest BCUT2D eigenvalue weighted by atomic mass is 79.9. The molecule has 2 aliphatic rings. The number of Topliss-reactive ketones (excluding diaryl/α,β-unsaturated/α-hetero) is 1. The zero-order valence-electron chi connectivity index (χ0n) is 26.0. The van der Waals surface area contributed by atoms with E-state index < -0.39 is 12.1 Å². The molecule has 1 aromatic heterocycles. The number of pyridine rings is 1. The lowest BCUT2D eigenvalue weighted by atomic mass is 9.76. The molecule has 242 valence electrons. The molecule has 3 aromatic carbocycles. The Bertz CT molecular complexity index is 1880. The molecule has 2 amide bonds. The van der Waals surface area contributed by atoms with Gasteiger partial charge in [-0.3, -0.25) is 19.3 Å². The summed E-state index contributed by atoms with van der Waals surface area (Å²) in [6.45, 7) is 4.14. The topological polar surface area (TPSA) is 93.6 Å². The normalized spacial score (nSPS) is 19.9. The van der Waals surface area contributed by atoms with Crippen molar-refractivity contribution in [1.29, 1.82) is 0 Å². The van der Waals surface area contributed by atoms with Crippen molar-refractivity contribution in [2.75, 3.05) is 10.8 Å². The van der Waals surface area contributed by atoms with Crippen LogP contribution in [0.15, 0.2) is 71.2 Å². The van der Waals surface area contributed by atoms with Crippen LogP contribution in [-0.4, -0.2) is 40.5 Å². The smallest absolute Gasteiger partial charge is 0.339 e. The first-order valence-electron chi connectivity index (χ1n) is 15.8. The van der Waals surface area contributed by atoms with Gasteiger partial charge in [0, 0.05) is 38.3 Å². The van der Waals surface area contributed by atoms with Crippen LogP contribution in [0.1, 0.15) is 65.8 Å². The van der Waals surface area contributed by atoms with Crippen molar-refractivity contribution in [3.05, 3.63) is 92.9 Å². The predicted octanol–water partition coefficient (Wildman–Crippen LogP) is 8.84. The maximum Gasteiger partial charge on any atom is 0.339 e. The van der Waals surface area contributed by atoms with Crippen LogP contribution < -0.4 is 4.90 Å². The fraction of sp³-hybridized carbons (Fsp3) is 0.324. The predicted molar refractivity (Wildman–Crippen MR) is 187 cm³/mol. The molecule has 1 saturated heterocycles. The van der Waals surface area contributed by atoms with Crippen LogP contribution in [0.4, 0.5) is 5.69 Å². The molecule has 6 rings (SSSR count). The Morgan fingerprint density at radius 3 is 2.38 bits per heavy atom. The number of imide groups is 1. The molecule has 4 aromatic rings. The Labute approximate surface area is 291 Å². The molecule has 0 spiro atoms. The molecule has 2 heterocycles. The minimum absolute atomic E-state index is 0.111. The van der Waals surface area contributed by atoms with Crippen molar-refractivity contribution >= 4 is 79.3 Å². The number of halogens is 3. The number of hydrogen-bond acceptors (Lipinski definition) is 6. The van der Waals surface area contributed by atoms with E-state index in [0.717, 1.165) is 29.3 Å². The molecule has 0 radical (unpaired) electrons. The number of aryl methyl sites for hydroxylation is 1. The molecule has 0 bridgehead atoms. The molecule has 1 aliphatic heterocycles. The van der Waals surface area contributed by atoms with Crippen LogP contribution in [0.25, 0.3) is 22.2 Å². The second-order valence-corrected chi connectivity index (χ2v) is 14.0. The number of carbonyl (C=O) groups excluding carboxylic acids is 4. The first-order valence-corrected chi connectivity index (χ1v) is 17.5. The summed E-state index contributed by atoms with van der Waals surface area (Å²) in [5.74, 6) is -1.31.